The van der Waals surface area contributed by atoms with Crippen LogP contribution in [0.3, 0.4) is 0 Å². The van der Waals surface area contributed by atoms with E-state index >= 15 is 0 Å². The van der Waals surface area contributed by atoms with Gasteiger partial charge in [-0.25, -0.2) is 4.79 Å². The first-order valence-electron chi connectivity index (χ1n) is 7.07. The number of alkyl carbamates (subject to hydrolysis) is 1. The fraction of sp³-hybridized carbons (Fsp3) is 0.562. The van der Waals surface area contributed by atoms with Gasteiger partial charge in [0.2, 0.25) is 0 Å². The van der Waals surface area contributed by atoms with Gasteiger partial charge in [-0.15, -0.1) is 0 Å². The summed E-state index contributed by atoms with van der Waals surface area (Å²) < 4.78 is 5.30. The Morgan fingerprint density at radius 3 is 2.45 bits per heavy atom. The van der Waals surface area contributed by atoms with Crippen molar-refractivity contribution in [3.63, 3.8) is 0 Å². The van der Waals surface area contributed by atoms with Gasteiger partial charge in [0, 0.05) is 6.61 Å². The molecule has 4 heteroatoms. The molecule has 0 heterocycles. The minimum absolute atomic E-state index is 0.0856. The summed E-state index contributed by atoms with van der Waals surface area (Å²) in [4.78, 5) is 11.9. The number of aliphatic hydroxyl groups excluding tert-OH is 1. The van der Waals surface area contributed by atoms with E-state index in [2.05, 4.69) is 5.32 Å². The predicted molar refractivity (Wildman–Crippen MR) is 79.5 cm³/mol. The van der Waals surface area contributed by atoms with Gasteiger partial charge in [-0.1, -0.05) is 30.3 Å². The summed E-state index contributed by atoms with van der Waals surface area (Å²) in [5.74, 6) is 0. The Labute approximate surface area is 121 Å². The van der Waals surface area contributed by atoms with Crippen LogP contribution in [0.15, 0.2) is 30.3 Å². The molecule has 20 heavy (non-hydrogen) atoms. The average Bonchev–Trinajstić information content (AvgIpc) is 2.37. The Morgan fingerprint density at radius 1 is 1.25 bits per heavy atom. The van der Waals surface area contributed by atoms with Crippen LogP contribution in [0.1, 0.15) is 51.6 Å². The van der Waals surface area contributed by atoms with E-state index in [1.807, 2.05) is 51.1 Å². The molecule has 2 N–H and O–H groups in total. The molecule has 0 aliphatic rings. The van der Waals surface area contributed by atoms with Crippen LogP contribution in [-0.2, 0) is 4.74 Å². The number of hydrogen-bond acceptors (Lipinski definition) is 3. The Hall–Kier alpha value is -1.55. The van der Waals surface area contributed by atoms with E-state index in [4.69, 9.17) is 9.84 Å². The molecule has 0 saturated heterocycles. The summed E-state index contributed by atoms with van der Waals surface area (Å²) in [5, 5.41) is 11.8. The monoisotopic (exact) mass is 279 g/mol. The van der Waals surface area contributed by atoms with Crippen molar-refractivity contribution < 1.29 is 14.6 Å². The molecule has 0 aromatic heterocycles. The van der Waals surface area contributed by atoms with Gasteiger partial charge >= 0.3 is 6.09 Å². The van der Waals surface area contributed by atoms with Gasteiger partial charge in [0.15, 0.2) is 0 Å². The molecular formula is C16H25NO3. The predicted octanol–water partition coefficient (Wildman–Crippen LogP) is 3.42. The number of amides is 1. The maximum Gasteiger partial charge on any atom is 0.408 e. The van der Waals surface area contributed by atoms with Crippen LogP contribution in [0.25, 0.3) is 0 Å². The average molecular weight is 279 g/mol. The van der Waals surface area contributed by atoms with Gasteiger partial charge in [-0.2, -0.15) is 0 Å². The third-order valence-electron chi connectivity index (χ3n) is 2.79. The third-order valence-corrected chi connectivity index (χ3v) is 2.79. The van der Waals surface area contributed by atoms with Gasteiger partial charge < -0.3 is 15.2 Å². The number of aliphatic hydroxyl groups is 1. The maximum atomic E-state index is 11.9. The van der Waals surface area contributed by atoms with Crippen LogP contribution in [0, 0.1) is 0 Å². The van der Waals surface area contributed by atoms with Crippen molar-refractivity contribution in [1.29, 1.82) is 0 Å². The summed E-state index contributed by atoms with van der Waals surface area (Å²) in [6.07, 6.45) is 1.96. The van der Waals surface area contributed by atoms with E-state index in [1.54, 1.807) is 0 Å². The molecule has 1 aromatic carbocycles. The SMILES string of the molecule is CC(C)(C)OC(=O)N[C@H](CCCCO)c1ccccc1. The fourth-order valence-electron chi connectivity index (χ4n) is 1.92. The van der Waals surface area contributed by atoms with Gasteiger partial charge in [-0.3, -0.25) is 0 Å². The molecule has 0 unspecified atom stereocenters. The number of benzene rings is 1. The smallest absolute Gasteiger partial charge is 0.408 e. The van der Waals surface area contributed by atoms with Crippen molar-refractivity contribution in [3.8, 4) is 0 Å². The van der Waals surface area contributed by atoms with Crippen molar-refractivity contribution in [2.45, 2.75) is 51.7 Å². The summed E-state index contributed by atoms with van der Waals surface area (Å²) in [5.41, 5.74) is 0.549. The molecule has 0 fully saturated rings. The number of hydrogen-bond donors (Lipinski definition) is 2. The second-order valence-corrected chi connectivity index (χ2v) is 5.83. The van der Waals surface area contributed by atoms with Crippen LogP contribution in [-0.4, -0.2) is 23.4 Å². The van der Waals surface area contributed by atoms with Crippen LogP contribution in [0.5, 0.6) is 0 Å². The van der Waals surface area contributed by atoms with E-state index in [1.165, 1.54) is 0 Å². The largest absolute Gasteiger partial charge is 0.444 e. The van der Waals surface area contributed by atoms with Crippen molar-refractivity contribution in [2.75, 3.05) is 6.61 Å². The van der Waals surface area contributed by atoms with Crippen LogP contribution in [0.4, 0.5) is 4.79 Å². The zero-order chi connectivity index (χ0) is 15.0. The summed E-state index contributed by atoms with van der Waals surface area (Å²) in [7, 11) is 0. The van der Waals surface area contributed by atoms with Gasteiger partial charge in [0.05, 0.1) is 6.04 Å². The Morgan fingerprint density at radius 2 is 1.90 bits per heavy atom. The molecule has 0 saturated carbocycles. The molecule has 1 rings (SSSR count). The lowest BCUT2D eigenvalue weighted by molar-refractivity contribution is 0.0500. The number of carbonyl (C=O) groups is 1. The minimum Gasteiger partial charge on any atom is -0.444 e. The molecular weight excluding hydrogens is 254 g/mol. The molecule has 0 radical (unpaired) electrons. The second-order valence-electron chi connectivity index (χ2n) is 5.83. The molecule has 0 aliphatic carbocycles. The van der Waals surface area contributed by atoms with Crippen molar-refractivity contribution >= 4 is 6.09 Å². The van der Waals surface area contributed by atoms with E-state index in [0.717, 1.165) is 24.8 Å². The van der Waals surface area contributed by atoms with Crippen molar-refractivity contribution in [3.05, 3.63) is 35.9 Å². The Bertz CT molecular complexity index is 398. The lowest BCUT2D eigenvalue weighted by atomic mass is 10.0. The van der Waals surface area contributed by atoms with E-state index in [0.29, 0.717) is 0 Å². The lowest BCUT2D eigenvalue weighted by Crippen LogP contribution is -2.35. The number of unbranched alkanes of at least 4 members (excludes halogenated alkanes) is 1. The van der Waals surface area contributed by atoms with Gasteiger partial charge in [0.1, 0.15) is 5.60 Å². The number of carbonyl (C=O) groups excluding carboxylic acids is 1. The van der Waals surface area contributed by atoms with Crippen LogP contribution >= 0.6 is 0 Å². The van der Waals surface area contributed by atoms with Gasteiger partial charge in [-0.05, 0) is 45.6 Å². The van der Waals surface area contributed by atoms with Crippen LogP contribution in [0.2, 0.25) is 0 Å². The highest BCUT2D eigenvalue weighted by atomic mass is 16.6. The summed E-state index contributed by atoms with van der Waals surface area (Å²) in [6, 6.07) is 9.73. The molecule has 1 atom stereocenters. The fourth-order valence-corrected chi connectivity index (χ4v) is 1.92. The Kier molecular flexibility index (Phi) is 6.52. The van der Waals surface area contributed by atoms with E-state index < -0.39 is 11.7 Å². The zero-order valence-corrected chi connectivity index (χ0v) is 12.6. The molecule has 0 aliphatic heterocycles. The molecule has 4 nitrogen and oxygen atoms in total. The standard InChI is InChI=1S/C16H25NO3/c1-16(2,3)20-15(19)17-14(11-7-8-12-18)13-9-5-4-6-10-13/h4-6,9-10,14,18H,7-8,11-12H2,1-3H3,(H,17,19)/t14-/m1/s1. The van der Waals surface area contributed by atoms with Crippen LogP contribution < -0.4 is 5.32 Å². The van der Waals surface area contributed by atoms with E-state index in [-0.39, 0.29) is 12.6 Å². The highest BCUT2D eigenvalue weighted by Crippen LogP contribution is 2.20. The number of rotatable bonds is 6. The molecule has 1 aromatic rings. The zero-order valence-electron chi connectivity index (χ0n) is 12.6. The topological polar surface area (TPSA) is 58.6 Å². The summed E-state index contributed by atoms with van der Waals surface area (Å²) >= 11 is 0. The van der Waals surface area contributed by atoms with Gasteiger partial charge in [0.25, 0.3) is 0 Å². The quantitative estimate of drug-likeness (QED) is 0.784. The highest BCUT2D eigenvalue weighted by Gasteiger charge is 2.20. The highest BCUT2D eigenvalue weighted by molar-refractivity contribution is 5.68. The summed E-state index contributed by atoms with van der Waals surface area (Å²) in [6.45, 7) is 5.70. The van der Waals surface area contributed by atoms with E-state index in [9.17, 15) is 4.79 Å². The first-order valence-corrected chi connectivity index (χ1v) is 7.07. The third kappa shape index (κ3) is 6.57. The Balaban J connectivity index is 2.65. The lowest BCUT2D eigenvalue weighted by Gasteiger charge is -2.24. The maximum absolute atomic E-state index is 11.9. The number of ether oxygens (including phenoxy) is 1. The first kappa shape index (κ1) is 16.5. The second kappa shape index (κ2) is 7.90. The minimum atomic E-state index is -0.504. The van der Waals surface area contributed by atoms with Crippen molar-refractivity contribution in [2.24, 2.45) is 0 Å². The molecule has 112 valence electrons. The number of nitrogens with one attached hydrogen (secondary N) is 1. The molecule has 0 spiro atoms. The molecule has 0 bridgehead atoms. The van der Waals surface area contributed by atoms with Crippen molar-refractivity contribution in [1.82, 2.24) is 5.32 Å². The first-order chi connectivity index (χ1) is 9.42. The normalized spacial score (nSPS) is 12.8. The molecule has 1 amide bonds.